The number of carboxylic acid groups (broad SMARTS) is 1. The highest BCUT2D eigenvalue weighted by Crippen LogP contribution is 2.36. The molecule has 50 heavy (non-hydrogen) atoms. The number of aryl methyl sites for hydroxylation is 1. The third-order valence-electron chi connectivity index (χ3n) is 11.1. The summed E-state index contributed by atoms with van der Waals surface area (Å²) in [6.45, 7) is 3.66. The maximum atomic E-state index is 15.6. The molecule has 12 heteroatoms. The lowest BCUT2D eigenvalue weighted by molar-refractivity contribution is -0.144. The molecule has 1 saturated carbocycles. The van der Waals surface area contributed by atoms with Crippen molar-refractivity contribution in [1.29, 1.82) is 0 Å². The van der Waals surface area contributed by atoms with Crippen LogP contribution in [0.1, 0.15) is 74.2 Å². The number of hydrogen-bond acceptors (Lipinski definition) is 6. The van der Waals surface area contributed by atoms with Crippen molar-refractivity contribution < 1.29 is 33.4 Å². The smallest absolute Gasteiger partial charge is 0.306 e. The number of amides is 2. The van der Waals surface area contributed by atoms with E-state index in [1.54, 1.807) is 13.3 Å². The molecule has 0 bridgehead atoms. The average molecular weight is 711 g/mol. The normalized spacial score (nSPS) is 25.7. The van der Waals surface area contributed by atoms with Crippen molar-refractivity contribution in [2.45, 2.75) is 95.0 Å². The van der Waals surface area contributed by atoms with Gasteiger partial charge < -0.3 is 29.4 Å². The van der Waals surface area contributed by atoms with Crippen molar-refractivity contribution in [2.75, 3.05) is 32.2 Å². The largest absolute Gasteiger partial charge is 0.481 e. The Bertz CT molecular complexity index is 1710. The van der Waals surface area contributed by atoms with Gasteiger partial charge in [-0.15, -0.1) is 0 Å². The topological polar surface area (TPSA) is 113 Å². The molecule has 2 N–H and O–H groups in total. The van der Waals surface area contributed by atoms with E-state index < -0.39 is 17.7 Å². The number of likely N-dealkylation sites (tertiary alicyclic amines) is 2. The Labute approximate surface area is 297 Å². The molecular formula is C38H48ClFN4O6. The van der Waals surface area contributed by atoms with Crippen LogP contribution in [0.25, 0.3) is 10.9 Å². The predicted molar refractivity (Wildman–Crippen MR) is 190 cm³/mol. The number of nitrogens with one attached hydrogen (secondary N) is 1. The van der Waals surface area contributed by atoms with Gasteiger partial charge in [-0.25, -0.2) is 4.39 Å². The third kappa shape index (κ3) is 7.71. The number of para-hydroxylation sites is 1. The van der Waals surface area contributed by atoms with E-state index >= 15 is 4.39 Å². The molecule has 1 aliphatic carbocycles. The zero-order valence-corrected chi connectivity index (χ0v) is 29.8. The van der Waals surface area contributed by atoms with Gasteiger partial charge in [-0.1, -0.05) is 36.7 Å². The van der Waals surface area contributed by atoms with E-state index in [2.05, 4.69) is 17.1 Å². The minimum Gasteiger partial charge on any atom is -0.481 e. The maximum absolute atomic E-state index is 15.6. The summed E-state index contributed by atoms with van der Waals surface area (Å²) in [5, 5.41) is 13.1. The highest BCUT2D eigenvalue weighted by molar-refractivity contribution is 6.34. The fourth-order valence-electron chi connectivity index (χ4n) is 8.45. The fourth-order valence-corrected chi connectivity index (χ4v) is 8.68. The Kier molecular flexibility index (Phi) is 11.5. The quantitative estimate of drug-likeness (QED) is 0.227. The predicted octanol–water partition coefficient (Wildman–Crippen LogP) is 6.28. The first-order chi connectivity index (χ1) is 24.1. The summed E-state index contributed by atoms with van der Waals surface area (Å²) in [7, 11) is 3.58. The van der Waals surface area contributed by atoms with Crippen LogP contribution >= 0.6 is 11.6 Å². The van der Waals surface area contributed by atoms with Gasteiger partial charge in [0.1, 0.15) is 5.82 Å². The highest BCUT2D eigenvalue weighted by atomic mass is 35.5. The van der Waals surface area contributed by atoms with Crippen LogP contribution in [0, 0.1) is 11.7 Å². The van der Waals surface area contributed by atoms with E-state index in [0.29, 0.717) is 57.0 Å². The lowest BCUT2D eigenvalue weighted by atomic mass is 9.87. The van der Waals surface area contributed by atoms with Crippen LogP contribution in [0.5, 0.6) is 0 Å². The van der Waals surface area contributed by atoms with Crippen molar-refractivity contribution in [3.8, 4) is 0 Å². The van der Waals surface area contributed by atoms with Crippen LogP contribution in [-0.4, -0.2) is 94.4 Å². The first kappa shape index (κ1) is 36.3. The van der Waals surface area contributed by atoms with Crippen LogP contribution in [0.15, 0.2) is 42.6 Å². The summed E-state index contributed by atoms with van der Waals surface area (Å²) in [4.78, 5) is 43.1. The molecule has 0 radical (unpaired) electrons. The molecule has 3 fully saturated rings. The molecule has 1 aromatic heterocycles. The van der Waals surface area contributed by atoms with Gasteiger partial charge in [0, 0.05) is 55.9 Å². The molecule has 3 aromatic rings. The van der Waals surface area contributed by atoms with Crippen molar-refractivity contribution in [2.24, 2.45) is 13.0 Å². The van der Waals surface area contributed by atoms with Gasteiger partial charge in [0.2, 0.25) is 5.91 Å². The summed E-state index contributed by atoms with van der Waals surface area (Å²) in [6, 6.07) is 10.7. The summed E-state index contributed by atoms with van der Waals surface area (Å²) in [6.07, 6.45) is 7.86. The number of rotatable bonds is 12. The maximum Gasteiger partial charge on any atom is 0.306 e. The van der Waals surface area contributed by atoms with Gasteiger partial charge in [0.15, 0.2) is 0 Å². The molecule has 4 atom stereocenters. The zero-order valence-electron chi connectivity index (χ0n) is 29.1. The minimum absolute atomic E-state index is 0.0501. The Morgan fingerprint density at radius 2 is 1.76 bits per heavy atom. The average Bonchev–Trinajstić information content (AvgIpc) is 3.81. The van der Waals surface area contributed by atoms with E-state index in [1.807, 2.05) is 40.8 Å². The van der Waals surface area contributed by atoms with Crippen LogP contribution in [-0.2, 0) is 32.5 Å². The Morgan fingerprint density at radius 1 is 1.02 bits per heavy atom. The van der Waals surface area contributed by atoms with Crippen LogP contribution < -0.4 is 5.32 Å². The first-order valence-corrected chi connectivity index (χ1v) is 18.2. The zero-order chi connectivity index (χ0) is 35.5. The van der Waals surface area contributed by atoms with Gasteiger partial charge in [-0.05, 0) is 75.1 Å². The summed E-state index contributed by atoms with van der Waals surface area (Å²) in [5.41, 5.74) is 1.63. The van der Waals surface area contributed by atoms with Crippen LogP contribution in [0.4, 0.5) is 10.1 Å². The van der Waals surface area contributed by atoms with Crippen molar-refractivity contribution >= 4 is 46.0 Å². The van der Waals surface area contributed by atoms with Gasteiger partial charge in [-0.3, -0.25) is 19.3 Å². The second-order valence-corrected chi connectivity index (χ2v) is 14.6. The Hall–Kier alpha value is -3.51. The minimum atomic E-state index is -0.756. The number of aliphatic carboxylic acids is 1. The number of hydrogen-bond donors (Lipinski definition) is 2. The number of nitrogens with zero attached hydrogens (tertiary/aromatic N) is 3. The lowest BCUT2D eigenvalue weighted by Crippen LogP contribution is -2.47. The highest BCUT2D eigenvalue weighted by Gasteiger charge is 2.45. The molecule has 270 valence electrons. The number of fused-ring (bicyclic) bond motifs is 1. The standard InChI is InChI=1S/C38H48ClFN4O6/c1-4-25-11-12-26(21-49-3)44(25)27-17-28(22-50-29-13-9-23(10-14-29)38(47)48)43(19-27)36(45)16-24-15-32(39)34(18-33(24)40)41-37(46)31-20-42(2)35-8-6-5-7-30(31)35/h5-8,15,18,20,23,25-29H,4,9-14,16-17,19,21-22H2,1-3H3,(H,41,46)(H,47,48)/t23-,25?,26-,27-,28-,29-/m0/s1. The van der Waals surface area contributed by atoms with Crippen LogP contribution in [0.2, 0.25) is 5.02 Å². The Balaban J connectivity index is 1.17. The fraction of sp³-hybridized carbons (Fsp3) is 0.553. The van der Waals surface area contributed by atoms with Gasteiger partial charge in [0.05, 0.1) is 54.0 Å². The second kappa shape index (κ2) is 15.8. The molecular weight excluding hydrogens is 663 g/mol. The molecule has 3 heterocycles. The Morgan fingerprint density at radius 3 is 2.48 bits per heavy atom. The SMILES string of the molecule is CCC1CC[C@@H](COC)N1[C@H]1C[C@@H](CO[C@H]2CC[C@H](C(=O)O)CC2)N(C(=O)Cc2cc(Cl)c(NC(=O)c3cn(C)c4ccccc34)cc2F)C1. The molecule has 2 saturated heterocycles. The second-order valence-electron chi connectivity index (χ2n) is 14.2. The van der Waals surface area contributed by atoms with E-state index in [4.69, 9.17) is 21.1 Å². The molecule has 2 aliphatic heterocycles. The number of aromatic nitrogens is 1. The van der Waals surface area contributed by atoms with E-state index in [9.17, 15) is 19.5 Å². The molecule has 2 amide bonds. The van der Waals surface area contributed by atoms with Crippen LogP contribution in [0.3, 0.4) is 0 Å². The first-order valence-electron chi connectivity index (χ1n) is 17.8. The number of anilines is 1. The molecule has 1 unspecified atom stereocenters. The molecule has 2 aromatic carbocycles. The number of carbonyl (C=O) groups excluding carboxylic acids is 2. The van der Waals surface area contributed by atoms with Gasteiger partial charge in [-0.2, -0.15) is 0 Å². The lowest BCUT2D eigenvalue weighted by Gasteiger charge is -2.35. The van der Waals surface area contributed by atoms with Crippen molar-refractivity contribution in [3.63, 3.8) is 0 Å². The van der Waals surface area contributed by atoms with E-state index in [0.717, 1.165) is 36.6 Å². The summed E-state index contributed by atoms with van der Waals surface area (Å²) in [5.74, 6) is -2.34. The molecule has 10 nitrogen and oxygen atoms in total. The van der Waals surface area contributed by atoms with E-state index in [-0.39, 0.29) is 58.7 Å². The molecule has 6 rings (SSSR count). The van der Waals surface area contributed by atoms with Crippen molar-refractivity contribution in [1.82, 2.24) is 14.4 Å². The number of carboxylic acids is 1. The van der Waals surface area contributed by atoms with Crippen molar-refractivity contribution in [3.05, 3.63) is 64.6 Å². The number of methoxy groups -OCH3 is 1. The van der Waals surface area contributed by atoms with Gasteiger partial charge >= 0.3 is 5.97 Å². The summed E-state index contributed by atoms with van der Waals surface area (Å²) < 4.78 is 29.4. The summed E-state index contributed by atoms with van der Waals surface area (Å²) >= 11 is 6.59. The third-order valence-corrected chi connectivity index (χ3v) is 11.4. The number of benzene rings is 2. The number of halogens is 2. The van der Waals surface area contributed by atoms with Gasteiger partial charge in [0.25, 0.3) is 5.91 Å². The number of carbonyl (C=O) groups is 3. The van der Waals surface area contributed by atoms with E-state index in [1.165, 1.54) is 12.1 Å². The number of ether oxygens (including phenoxy) is 2. The monoisotopic (exact) mass is 710 g/mol. The molecule has 0 spiro atoms. The molecule has 3 aliphatic rings.